The monoisotopic (exact) mass is 371 g/mol. The molecule has 0 radical (unpaired) electrons. The summed E-state index contributed by atoms with van der Waals surface area (Å²) in [5.74, 6) is 0.866. The number of halogens is 1. The number of aryl methyl sites for hydroxylation is 1. The minimum Gasteiger partial charge on any atom is -0.490 e. The molecule has 0 saturated carbocycles. The van der Waals surface area contributed by atoms with Crippen molar-refractivity contribution in [3.05, 3.63) is 28.2 Å². The molecular weight excluding hydrogens is 346 g/mol. The Morgan fingerprint density at radius 3 is 2.59 bits per heavy atom. The van der Waals surface area contributed by atoms with E-state index in [0.717, 1.165) is 36.5 Å². The number of rotatable bonds is 7. The van der Waals surface area contributed by atoms with Gasteiger partial charge in [-0.15, -0.1) is 0 Å². The van der Waals surface area contributed by atoms with E-state index in [9.17, 15) is 0 Å². The van der Waals surface area contributed by atoms with Gasteiger partial charge in [0.05, 0.1) is 29.9 Å². The lowest BCUT2D eigenvalue weighted by Crippen LogP contribution is -2.46. The van der Waals surface area contributed by atoms with Crippen LogP contribution in [0.15, 0.2) is 22.7 Å². The van der Waals surface area contributed by atoms with Crippen LogP contribution in [0.1, 0.15) is 19.4 Å². The SMILES string of the molecule is Cc1ccc(OCCOCCN2C[C@@H](C)O[C@H](C)C2)c(Br)c1. The van der Waals surface area contributed by atoms with Gasteiger partial charge in [-0.3, -0.25) is 4.90 Å². The first-order valence-electron chi connectivity index (χ1n) is 7.89. The Labute approximate surface area is 141 Å². The van der Waals surface area contributed by atoms with Crippen molar-refractivity contribution in [2.75, 3.05) is 39.5 Å². The summed E-state index contributed by atoms with van der Waals surface area (Å²) >= 11 is 3.51. The molecular formula is C17H26BrNO3. The molecule has 0 aromatic heterocycles. The molecule has 0 bridgehead atoms. The second-order valence-corrected chi connectivity index (χ2v) is 6.77. The lowest BCUT2D eigenvalue weighted by molar-refractivity contribution is -0.0734. The number of nitrogens with zero attached hydrogens (tertiary/aromatic N) is 1. The minimum absolute atomic E-state index is 0.311. The highest BCUT2D eigenvalue weighted by Gasteiger charge is 2.21. The number of hydrogen-bond donors (Lipinski definition) is 0. The molecule has 4 nitrogen and oxygen atoms in total. The number of morpholine rings is 1. The molecule has 1 aromatic rings. The molecule has 2 rings (SSSR count). The maximum Gasteiger partial charge on any atom is 0.133 e. The average molecular weight is 372 g/mol. The molecule has 1 fully saturated rings. The average Bonchev–Trinajstić information content (AvgIpc) is 2.43. The van der Waals surface area contributed by atoms with E-state index in [1.54, 1.807) is 0 Å². The summed E-state index contributed by atoms with van der Waals surface area (Å²) in [5.41, 5.74) is 1.21. The molecule has 1 aromatic carbocycles. The van der Waals surface area contributed by atoms with Crippen LogP contribution in [0.2, 0.25) is 0 Å². The van der Waals surface area contributed by atoms with Crippen LogP contribution >= 0.6 is 15.9 Å². The Bertz CT molecular complexity index is 459. The second kappa shape index (κ2) is 8.87. The Hall–Kier alpha value is -0.620. The Balaban J connectivity index is 1.57. The maximum atomic E-state index is 5.72. The van der Waals surface area contributed by atoms with Crippen LogP contribution in [0.4, 0.5) is 0 Å². The van der Waals surface area contributed by atoms with E-state index in [2.05, 4.69) is 47.7 Å². The normalized spacial score (nSPS) is 22.7. The van der Waals surface area contributed by atoms with Crippen LogP contribution in [0.3, 0.4) is 0 Å². The van der Waals surface area contributed by atoms with Gasteiger partial charge in [-0.2, -0.15) is 0 Å². The molecule has 0 spiro atoms. The number of hydrogen-bond acceptors (Lipinski definition) is 4. The van der Waals surface area contributed by atoms with Crippen molar-refractivity contribution < 1.29 is 14.2 Å². The topological polar surface area (TPSA) is 30.9 Å². The first-order chi connectivity index (χ1) is 10.5. The van der Waals surface area contributed by atoms with Gasteiger partial charge in [0.25, 0.3) is 0 Å². The minimum atomic E-state index is 0.311. The summed E-state index contributed by atoms with van der Waals surface area (Å²) in [6.45, 7) is 11.1. The third kappa shape index (κ3) is 5.88. The van der Waals surface area contributed by atoms with Gasteiger partial charge in [-0.05, 0) is 54.4 Å². The van der Waals surface area contributed by atoms with E-state index >= 15 is 0 Å². The van der Waals surface area contributed by atoms with Gasteiger partial charge in [-0.1, -0.05) is 6.07 Å². The largest absolute Gasteiger partial charge is 0.490 e. The molecule has 1 aliphatic heterocycles. The highest BCUT2D eigenvalue weighted by molar-refractivity contribution is 9.10. The molecule has 5 heteroatoms. The fraction of sp³-hybridized carbons (Fsp3) is 0.647. The van der Waals surface area contributed by atoms with Gasteiger partial charge >= 0.3 is 0 Å². The first kappa shape index (κ1) is 17.7. The van der Waals surface area contributed by atoms with Gasteiger partial charge in [0, 0.05) is 19.6 Å². The summed E-state index contributed by atoms with van der Waals surface area (Å²) in [5, 5.41) is 0. The fourth-order valence-electron chi connectivity index (χ4n) is 2.70. The van der Waals surface area contributed by atoms with E-state index in [1.165, 1.54) is 5.56 Å². The van der Waals surface area contributed by atoms with E-state index in [1.807, 2.05) is 12.1 Å². The van der Waals surface area contributed by atoms with Crippen LogP contribution in [0.5, 0.6) is 5.75 Å². The van der Waals surface area contributed by atoms with Crippen molar-refractivity contribution in [2.45, 2.75) is 33.0 Å². The smallest absolute Gasteiger partial charge is 0.133 e. The van der Waals surface area contributed by atoms with Crippen LogP contribution < -0.4 is 4.74 Å². The fourth-order valence-corrected chi connectivity index (χ4v) is 3.30. The maximum absolute atomic E-state index is 5.72. The van der Waals surface area contributed by atoms with Gasteiger partial charge in [0.1, 0.15) is 12.4 Å². The summed E-state index contributed by atoms with van der Waals surface area (Å²) < 4.78 is 18.1. The number of benzene rings is 1. The van der Waals surface area contributed by atoms with E-state index in [-0.39, 0.29) is 0 Å². The zero-order valence-corrected chi connectivity index (χ0v) is 15.3. The molecule has 22 heavy (non-hydrogen) atoms. The second-order valence-electron chi connectivity index (χ2n) is 5.91. The zero-order valence-electron chi connectivity index (χ0n) is 13.7. The quantitative estimate of drug-likeness (QED) is 0.688. The van der Waals surface area contributed by atoms with Crippen molar-refractivity contribution in [3.63, 3.8) is 0 Å². The molecule has 1 aliphatic rings. The third-order valence-corrected chi connectivity index (χ3v) is 4.24. The Morgan fingerprint density at radius 1 is 1.18 bits per heavy atom. The molecule has 0 aliphatic carbocycles. The summed E-state index contributed by atoms with van der Waals surface area (Å²) in [4.78, 5) is 2.40. The van der Waals surface area contributed by atoms with Gasteiger partial charge in [0.2, 0.25) is 0 Å². The predicted octanol–water partition coefficient (Wildman–Crippen LogP) is 3.26. The van der Waals surface area contributed by atoms with Crippen LogP contribution in [0.25, 0.3) is 0 Å². The molecule has 1 heterocycles. The molecule has 0 N–H and O–H groups in total. The zero-order chi connectivity index (χ0) is 15.9. The highest BCUT2D eigenvalue weighted by Crippen LogP contribution is 2.25. The van der Waals surface area contributed by atoms with E-state index < -0.39 is 0 Å². The summed E-state index contributed by atoms with van der Waals surface area (Å²) in [7, 11) is 0. The van der Waals surface area contributed by atoms with Gasteiger partial charge in [0.15, 0.2) is 0 Å². The number of ether oxygens (including phenoxy) is 3. The van der Waals surface area contributed by atoms with Crippen molar-refractivity contribution in [1.29, 1.82) is 0 Å². The lowest BCUT2D eigenvalue weighted by atomic mass is 10.2. The van der Waals surface area contributed by atoms with E-state index in [0.29, 0.717) is 25.4 Å². The van der Waals surface area contributed by atoms with Crippen LogP contribution in [0, 0.1) is 6.92 Å². The summed E-state index contributed by atoms with van der Waals surface area (Å²) in [6, 6.07) is 6.08. The van der Waals surface area contributed by atoms with Crippen molar-refractivity contribution in [2.24, 2.45) is 0 Å². The molecule has 1 saturated heterocycles. The standard InChI is InChI=1S/C17H26BrNO3/c1-13-4-5-17(16(18)10-13)21-9-8-20-7-6-19-11-14(2)22-15(3)12-19/h4-5,10,14-15H,6-9,11-12H2,1-3H3/t14-,15-/m1/s1. The predicted molar refractivity (Wildman–Crippen MR) is 91.6 cm³/mol. The van der Waals surface area contributed by atoms with Gasteiger partial charge in [-0.25, -0.2) is 0 Å². The molecule has 2 atom stereocenters. The highest BCUT2D eigenvalue weighted by atomic mass is 79.9. The van der Waals surface area contributed by atoms with Crippen molar-refractivity contribution in [1.82, 2.24) is 4.90 Å². The van der Waals surface area contributed by atoms with E-state index in [4.69, 9.17) is 14.2 Å². The van der Waals surface area contributed by atoms with Crippen molar-refractivity contribution >= 4 is 15.9 Å². The third-order valence-electron chi connectivity index (χ3n) is 3.62. The van der Waals surface area contributed by atoms with Crippen LogP contribution in [-0.4, -0.2) is 56.6 Å². The summed E-state index contributed by atoms with van der Waals surface area (Å²) in [6.07, 6.45) is 0.622. The lowest BCUT2D eigenvalue weighted by Gasteiger charge is -2.35. The molecule has 0 amide bonds. The Morgan fingerprint density at radius 2 is 1.91 bits per heavy atom. The first-order valence-corrected chi connectivity index (χ1v) is 8.68. The molecule has 124 valence electrons. The van der Waals surface area contributed by atoms with Crippen molar-refractivity contribution in [3.8, 4) is 5.75 Å². The van der Waals surface area contributed by atoms with Gasteiger partial charge < -0.3 is 14.2 Å². The molecule has 0 unspecified atom stereocenters. The Kier molecular flexibility index (Phi) is 7.15. The van der Waals surface area contributed by atoms with Crippen LogP contribution in [-0.2, 0) is 9.47 Å².